The van der Waals surface area contributed by atoms with E-state index in [4.69, 9.17) is 22.2 Å². The number of rotatable bonds is 6. The zero-order valence-corrected chi connectivity index (χ0v) is 10.5. The van der Waals surface area contributed by atoms with Gasteiger partial charge in [0, 0.05) is 18.2 Å². The van der Waals surface area contributed by atoms with Crippen LogP contribution in [0.5, 0.6) is 0 Å². The van der Waals surface area contributed by atoms with Crippen molar-refractivity contribution in [2.45, 2.75) is 31.9 Å². The number of methoxy groups -OCH3 is 1. The Bertz CT molecular complexity index is 320. The lowest BCUT2D eigenvalue weighted by Gasteiger charge is -2.19. The molecule has 16 heavy (non-hydrogen) atoms. The van der Waals surface area contributed by atoms with E-state index in [0.29, 0.717) is 0 Å². The van der Waals surface area contributed by atoms with Crippen molar-refractivity contribution in [1.29, 1.82) is 0 Å². The molecule has 0 bridgehead atoms. The number of hydrogen-bond donors (Lipinski definition) is 2. The maximum absolute atomic E-state index is 6.10. The van der Waals surface area contributed by atoms with E-state index in [-0.39, 0.29) is 12.1 Å². The fourth-order valence-corrected chi connectivity index (χ4v) is 1.85. The molecule has 2 unspecified atom stereocenters. The van der Waals surface area contributed by atoms with Gasteiger partial charge in [-0.2, -0.15) is 0 Å². The summed E-state index contributed by atoms with van der Waals surface area (Å²) in [7, 11) is 1.70. The quantitative estimate of drug-likeness (QED) is 0.594. The molecule has 0 saturated carbocycles. The highest BCUT2D eigenvalue weighted by molar-refractivity contribution is 6.31. The average molecular weight is 243 g/mol. The van der Waals surface area contributed by atoms with E-state index < -0.39 is 0 Å². The Morgan fingerprint density at radius 1 is 1.44 bits per heavy atom. The van der Waals surface area contributed by atoms with Crippen molar-refractivity contribution in [1.82, 2.24) is 5.43 Å². The summed E-state index contributed by atoms with van der Waals surface area (Å²) in [6.07, 6.45) is 1.85. The van der Waals surface area contributed by atoms with Crippen molar-refractivity contribution in [2.75, 3.05) is 7.11 Å². The Morgan fingerprint density at radius 3 is 2.69 bits per heavy atom. The first kappa shape index (κ1) is 13.5. The second-order valence-electron chi connectivity index (χ2n) is 3.94. The van der Waals surface area contributed by atoms with Crippen molar-refractivity contribution >= 4 is 11.6 Å². The smallest absolute Gasteiger partial charge is 0.0558 e. The maximum Gasteiger partial charge on any atom is 0.0558 e. The van der Waals surface area contributed by atoms with E-state index in [9.17, 15) is 0 Å². The lowest BCUT2D eigenvalue weighted by molar-refractivity contribution is 0.100. The van der Waals surface area contributed by atoms with Crippen LogP contribution in [0.2, 0.25) is 5.02 Å². The van der Waals surface area contributed by atoms with Gasteiger partial charge in [0.2, 0.25) is 0 Å². The molecule has 3 N–H and O–H groups in total. The molecule has 0 radical (unpaired) electrons. The third kappa shape index (κ3) is 4.10. The lowest BCUT2D eigenvalue weighted by atomic mass is 10.0. The average Bonchev–Trinajstić information content (AvgIpc) is 2.30. The normalized spacial score (nSPS) is 14.8. The molecule has 0 heterocycles. The summed E-state index contributed by atoms with van der Waals surface area (Å²) in [4.78, 5) is 0. The van der Waals surface area contributed by atoms with Gasteiger partial charge in [-0.1, -0.05) is 29.8 Å². The van der Waals surface area contributed by atoms with Crippen LogP contribution >= 0.6 is 11.6 Å². The fourth-order valence-electron chi connectivity index (χ4n) is 1.64. The summed E-state index contributed by atoms with van der Waals surface area (Å²) in [5.41, 5.74) is 3.91. The Balaban J connectivity index is 2.60. The van der Waals surface area contributed by atoms with Crippen molar-refractivity contribution in [3.8, 4) is 0 Å². The third-order valence-corrected chi connectivity index (χ3v) is 3.05. The minimum absolute atomic E-state index is 0.176. The van der Waals surface area contributed by atoms with Crippen LogP contribution in [-0.4, -0.2) is 19.3 Å². The van der Waals surface area contributed by atoms with Crippen molar-refractivity contribution in [3.63, 3.8) is 0 Å². The third-order valence-electron chi connectivity index (χ3n) is 2.68. The molecule has 3 nitrogen and oxygen atoms in total. The van der Waals surface area contributed by atoms with Gasteiger partial charge in [-0.25, -0.2) is 0 Å². The van der Waals surface area contributed by atoms with Crippen molar-refractivity contribution < 1.29 is 4.74 Å². The predicted octanol–water partition coefficient (Wildman–Crippen LogP) is 2.14. The standard InChI is InChI=1S/C12H19ClN2O/c1-9(16-2)7-11(15-14)8-10-5-3-4-6-12(10)13/h3-6,9,11,15H,7-8,14H2,1-2H3. The molecular weight excluding hydrogens is 224 g/mol. The van der Waals surface area contributed by atoms with Gasteiger partial charge in [0.15, 0.2) is 0 Å². The van der Waals surface area contributed by atoms with Crippen molar-refractivity contribution in [3.05, 3.63) is 34.9 Å². The Labute approximate surface area is 102 Å². The first-order valence-electron chi connectivity index (χ1n) is 5.39. The van der Waals surface area contributed by atoms with Gasteiger partial charge in [0.1, 0.15) is 0 Å². The molecular formula is C12H19ClN2O. The molecule has 1 rings (SSSR count). The van der Waals surface area contributed by atoms with Crippen LogP contribution in [0, 0.1) is 0 Å². The van der Waals surface area contributed by atoms with Crippen LogP contribution in [0.15, 0.2) is 24.3 Å². The second kappa shape index (κ2) is 6.86. The highest BCUT2D eigenvalue weighted by Gasteiger charge is 2.13. The zero-order chi connectivity index (χ0) is 12.0. The lowest BCUT2D eigenvalue weighted by Crippen LogP contribution is -2.39. The van der Waals surface area contributed by atoms with E-state index in [1.807, 2.05) is 31.2 Å². The molecule has 0 saturated heterocycles. The summed E-state index contributed by atoms with van der Waals surface area (Å²) in [6.45, 7) is 2.02. The number of hydrogen-bond acceptors (Lipinski definition) is 3. The summed E-state index contributed by atoms with van der Waals surface area (Å²) >= 11 is 6.10. The molecule has 0 fully saturated rings. The number of hydrazine groups is 1. The minimum Gasteiger partial charge on any atom is -0.382 e. The van der Waals surface area contributed by atoms with E-state index in [0.717, 1.165) is 23.4 Å². The topological polar surface area (TPSA) is 47.3 Å². The Morgan fingerprint density at radius 2 is 2.12 bits per heavy atom. The first-order chi connectivity index (χ1) is 7.67. The number of ether oxygens (including phenoxy) is 1. The Kier molecular flexibility index (Phi) is 5.77. The monoisotopic (exact) mass is 242 g/mol. The summed E-state index contributed by atoms with van der Waals surface area (Å²) in [6, 6.07) is 7.99. The molecule has 0 aliphatic heterocycles. The SMILES string of the molecule is COC(C)CC(Cc1ccccc1Cl)NN. The van der Waals surface area contributed by atoms with Crippen molar-refractivity contribution in [2.24, 2.45) is 5.84 Å². The van der Waals surface area contributed by atoms with Gasteiger partial charge in [-0.05, 0) is 31.4 Å². The highest BCUT2D eigenvalue weighted by atomic mass is 35.5. The van der Waals surface area contributed by atoms with E-state index in [1.165, 1.54) is 0 Å². The van der Waals surface area contributed by atoms with Gasteiger partial charge in [-0.15, -0.1) is 0 Å². The molecule has 2 atom stereocenters. The summed E-state index contributed by atoms with van der Waals surface area (Å²) < 4.78 is 5.22. The van der Waals surface area contributed by atoms with E-state index in [1.54, 1.807) is 7.11 Å². The Hall–Kier alpha value is -0.610. The number of nitrogens with one attached hydrogen (secondary N) is 1. The highest BCUT2D eigenvalue weighted by Crippen LogP contribution is 2.18. The minimum atomic E-state index is 0.176. The van der Waals surface area contributed by atoms with Crippen LogP contribution in [0.1, 0.15) is 18.9 Å². The van der Waals surface area contributed by atoms with Gasteiger partial charge >= 0.3 is 0 Å². The molecule has 0 aliphatic carbocycles. The first-order valence-corrected chi connectivity index (χ1v) is 5.77. The van der Waals surface area contributed by atoms with Crippen LogP contribution in [0.25, 0.3) is 0 Å². The van der Waals surface area contributed by atoms with Gasteiger partial charge in [0.05, 0.1) is 6.10 Å². The fraction of sp³-hybridized carbons (Fsp3) is 0.500. The maximum atomic E-state index is 6.10. The van der Waals surface area contributed by atoms with Gasteiger partial charge < -0.3 is 4.74 Å². The second-order valence-corrected chi connectivity index (χ2v) is 4.35. The predicted molar refractivity (Wildman–Crippen MR) is 67.4 cm³/mol. The zero-order valence-electron chi connectivity index (χ0n) is 9.74. The molecule has 90 valence electrons. The molecule has 4 heteroatoms. The summed E-state index contributed by atoms with van der Waals surface area (Å²) in [5.74, 6) is 5.53. The number of benzene rings is 1. The van der Waals surface area contributed by atoms with E-state index in [2.05, 4.69) is 5.43 Å². The largest absolute Gasteiger partial charge is 0.382 e. The van der Waals surface area contributed by atoms with Crippen LogP contribution in [0.3, 0.4) is 0 Å². The molecule has 0 amide bonds. The molecule has 0 spiro atoms. The number of halogens is 1. The van der Waals surface area contributed by atoms with Gasteiger partial charge in [0.25, 0.3) is 0 Å². The van der Waals surface area contributed by atoms with E-state index >= 15 is 0 Å². The number of nitrogens with two attached hydrogens (primary N) is 1. The van der Waals surface area contributed by atoms with Gasteiger partial charge in [-0.3, -0.25) is 11.3 Å². The molecule has 0 aromatic heterocycles. The van der Waals surface area contributed by atoms with Crippen LogP contribution in [-0.2, 0) is 11.2 Å². The molecule has 0 aliphatic rings. The van der Waals surface area contributed by atoms with Crippen LogP contribution < -0.4 is 11.3 Å². The molecule has 1 aromatic carbocycles. The molecule has 1 aromatic rings. The van der Waals surface area contributed by atoms with Crippen LogP contribution in [0.4, 0.5) is 0 Å². The summed E-state index contributed by atoms with van der Waals surface area (Å²) in [5, 5.41) is 0.785.